The molecule has 1 nitrogen and oxygen atoms in total. The van der Waals surface area contributed by atoms with Crippen molar-refractivity contribution in [3.8, 4) is 0 Å². The molecule has 1 aromatic rings. The Labute approximate surface area is 112 Å². The lowest BCUT2D eigenvalue weighted by Crippen LogP contribution is -2.42. The number of rotatable bonds is 5. The Bertz CT molecular complexity index is 388. The van der Waals surface area contributed by atoms with Crippen molar-refractivity contribution in [1.82, 2.24) is 5.32 Å². The molecule has 1 atom stereocenters. The minimum atomic E-state index is -0.532. The lowest BCUT2D eigenvalue weighted by Gasteiger charge is -2.31. The highest BCUT2D eigenvalue weighted by Crippen LogP contribution is 2.28. The number of benzene rings is 1. The van der Waals surface area contributed by atoms with E-state index in [2.05, 4.69) is 33.0 Å². The van der Waals surface area contributed by atoms with Gasteiger partial charge in [-0.3, -0.25) is 0 Å². The van der Waals surface area contributed by atoms with Crippen LogP contribution in [0.1, 0.15) is 27.7 Å². The standard InChI is InChI=1S/C14H21F2NS/c1-5-17-13(14(2,3)4)9-18-12-7-6-10(15)8-11(12)16/h6-8,13,17H,5,9H2,1-4H3. The summed E-state index contributed by atoms with van der Waals surface area (Å²) in [7, 11) is 0. The predicted octanol–water partition coefficient (Wildman–Crippen LogP) is 4.08. The molecule has 18 heavy (non-hydrogen) atoms. The first-order chi connectivity index (χ1) is 8.34. The molecule has 0 saturated heterocycles. The largest absolute Gasteiger partial charge is 0.313 e. The van der Waals surface area contributed by atoms with Gasteiger partial charge in [-0.15, -0.1) is 11.8 Å². The van der Waals surface area contributed by atoms with E-state index < -0.39 is 11.6 Å². The zero-order chi connectivity index (χ0) is 13.8. The predicted molar refractivity (Wildman–Crippen MR) is 74.0 cm³/mol. The third-order valence-electron chi connectivity index (χ3n) is 2.80. The number of nitrogens with one attached hydrogen (secondary N) is 1. The van der Waals surface area contributed by atoms with Crippen molar-refractivity contribution in [2.45, 2.75) is 38.6 Å². The van der Waals surface area contributed by atoms with Crippen molar-refractivity contribution >= 4 is 11.8 Å². The molecular formula is C14H21F2NS. The van der Waals surface area contributed by atoms with E-state index in [1.807, 2.05) is 0 Å². The number of hydrogen-bond donors (Lipinski definition) is 1. The van der Waals surface area contributed by atoms with Gasteiger partial charge >= 0.3 is 0 Å². The first kappa shape index (κ1) is 15.4. The minimum Gasteiger partial charge on any atom is -0.313 e. The second kappa shape index (κ2) is 6.53. The van der Waals surface area contributed by atoms with E-state index in [-0.39, 0.29) is 11.5 Å². The van der Waals surface area contributed by atoms with Crippen molar-refractivity contribution in [2.24, 2.45) is 5.41 Å². The Balaban J connectivity index is 2.67. The summed E-state index contributed by atoms with van der Waals surface area (Å²) in [6.07, 6.45) is 0. The van der Waals surface area contributed by atoms with Gasteiger partial charge in [0.25, 0.3) is 0 Å². The summed E-state index contributed by atoms with van der Waals surface area (Å²) in [5.41, 5.74) is 0.111. The molecule has 0 amide bonds. The van der Waals surface area contributed by atoms with Gasteiger partial charge in [0, 0.05) is 22.8 Å². The van der Waals surface area contributed by atoms with Crippen LogP contribution in [0.25, 0.3) is 0 Å². The van der Waals surface area contributed by atoms with Crippen LogP contribution in [0.4, 0.5) is 8.78 Å². The number of halogens is 2. The molecule has 1 N–H and O–H groups in total. The molecule has 1 aromatic carbocycles. The lowest BCUT2D eigenvalue weighted by molar-refractivity contribution is 0.295. The van der Waals surface area contributed by atoms with Crippen LogP contribution in [-0.2, 0) is 0 Å². The summed E-state index contributed by atoms with van der Waals surface area (Å²) >= 11 is 1.43. The molecule has 4 heteroatoms. The van der Waals surface area contributed by atoms with Crippen molar-refractivity contribution < 1.29 is 8.78 Å². The van der Waals surface area contributed by atoms with E-state index in [4.69, 9.17) is 0 Å². The molecule has 0 aliphatic heterocycles. The van der Waals surface area contributed by atoms with E-state index in [1.165, 1.54) is 23.9 Å². The first-order valence-electron chi connectivity index (χ1n) is 6.16. The topological polar surface area (TPSA) is 12.0 Å². The minimum absolute atomic E-state index is 0.111. The average molecular weight is 273 g/mol. The molecule has 102 valence electrons. The van der Waals surface area contributed by atoms with Gasteiger partial charge in [0.15, 0.2) is 0 Å². The van der Waals surface area contributed by atoms with Crippen LogP contribution in [0.2, 0.25) is 0 Å². The summed E-state index contributed by atoms with van der Waals surface area (Å²) in [4.78, 5) is 0.503. The second-order valence-corrected chi connectivity index (χ2v) is 6.42. The van der Waals surface area contributed by atoms with Gasteiger partial charge in [-0.05, 0) is 24.1 Å². The van der Waals surface area contributed by atoms with Crippen molar-refractivity contribution in [3.63, 3.8) is 0 Å². The fourth-order valence-corrected chi connectivity index (χ4v) is 2.95. The second-order valence-electron chi connectivity index (χ2n) is 5.36. The van der Waals surface area contributed by atoms with Crippen LogP contribution in [0.5, 0.6) is 0 Å². The van der Waals surface area contributed by atoms with Crippen LogP contribution in [0.15, 0.2) is 23.1 Å². The number of hydrogen-bond acceptors (Lipinski definition) is 2. The Kier molecular flexibility index (Phi) is 5.60. The highest BCUT2D eigenvalue weighted by molar-refractivity contribution is 7.99. The normalized spacial score (nSPS) is 13.7. The Morgan fingerprint density at radius 3 is 2.44 bits per heavy atom. The van der Waals surface area contributed by atoms with Gasteiger partial charge in [-0.1, -0.05) is 27.7 Å². The molecule has 0 aliphatic carbocycles. The van der Waals surface area contributed by atoms with E-state index in [9.17, 15) is 8.78 Å². The van der Waals surface area contributed by atoms with Crippen LogP contribution >= 0.6 is 11.8 Å². The molecule has 0 fully saturated rings. The van der Waals surface area contributed by atoms with Crippen LogP contribution in [0, 0.1) is 17.0 Å². The molecule has 1 rings (SSSR count). The van der Waals surface area contributed by atoms with E-state index >= 15 is 0 Å². The molecule has 0 aromatic heterocycles. The molecule has 0 saturated carbocycles. The van der Waals surface area contributed by atoms with Gasteiger partial charge in [-0.25, -0.2) is 8.78 Å². The zero-order valence-corrected chi connectivity index (χ0v) is 12.2. The maximum absolute atomic E-state index is 13.5. The maximum atomic E-state index is 13.5. The highest BCUT2D eigenvalue weighted by Gasteiger charge is 2.24. The Morgan fingerprint density at radius 2 is 1.94 bits per heavy atom. The summed E-state index contributed by atoms with van der Waals surface area (Å²) in [5.74, 6) is -0.250. The summed E-state index contributed by atoms with van der Waals surface area (Å²) < 4.78 is 26.3. The monoisotopic (exact) mass is 273 g/mol. The lowest BCUT2D eigenvalue weighted by atomic mass is 9.88. The van der Waals surface area contributed by atoms with Crippen molar-refractivity contribution in [1.29, 1.82) is 0 Å². The Morgan fingerprint density at radius 1 is 1.28 bits per heavy atom. The molecule has 1 unspecified atom stereocenters. The van der Waals surface area contributed by atoms with Gasteiger partial charge in [0.2, 0.25) is 0 Å². The summed E-state index contributed by atoms with van der Waals surface area (Å²) in [6.45, 7) is 9.40. The maximum Gasteiger partial charge on any atom is 0.139 e. The smallest absolute Gasteiger partial charge is 0.139 e. The fraction of sp³-hybridized carbons (Fsp3) is 0.571. The number of thioether (sulfide) groups is 1. The molecule has 0 heterocycles. The Hall–Kier alpha value is -0.610. The van der Waals surface area contributed by atoms with Gasteiger partial charge in [0.05, 0.1) is 0 Å². The van der Waals surface area contributed by atoms with Crippen molar-refractivity contribution in [2.75, 3.05) is 12.3 Å². The molecule has 0 spiro atoms. The van der Waals surface area contributed by atoms with Crippen LogP contribution < -0.4 is 5.32 Å². The van der Waals surface area contributed by atoms with Crippen molar-refractivity contribution in [3.05, 3.63) is 29.8 Å². The van der Waals surface area contributed by atoms with Gasteiger partial charge in [-0.2, -0.15) is 0 Å². The summed E-state index contributed by atoms with van der Waals surface area (Å²) in [5, 5.41) is 3.41. The molecule has 0 aliphatic rings. The van der Waals surface area contributed by atoms with E-state index in [1.54, 1.807) is 0 Å². The van der Waals surface area contributed by atoms with Gasteiger partial charge in [0.1, 0.15) is 11.6 Å². The SMILES string of the molecule is CCNC(CSc1ccc(F)cc1F)C(C)(C)C. The van der Waals surface area contributed by atoms with E-state index in [0.29, 0.717) is 4.90 Å². The fourth-order valence-electron chi connectivity index (χ4n) is 1.63. The first-order valence-corrected chi connectivity index (χ1v) is 7.14. The van der Waals surface area contributed by atoms with Crippen LogP contribution in [-0.4, -0.2) is 18.3 Å². The third kappa shape index (κ3) is 4.58. The molecule has 0 radical (unpaired) electrons. The highest BCUT2D eigenvalue weighted by atomic mass is 32.2. The summed E-state index contributed by atoms with van der Waals surface area (Å²) in [6, 6.07) is 4.02. The average Bonchev–Trinajstić information content (AvgIpc) is 2.24. The quantitative estimate of drug-likeness (QED) is 0.811. The van der Waals surface area contributed by atoms with Gasteiger partial charge < -0.3 is 5.32 Å². The zero-order valence-electron chi connectivity index (χ0n) is 11.4. The molecular weight excluding hydrogens is 252 g/mol. The molecule has 0 bridgehead atoms. The third-order valence-corrected chi connectivity index (χ3v) is 3.94. The van der Waals surface area contributed by atoms with E-state index in [0.717, 1.165) is 18.4 Å². The van der Waals surface area contributed by atoms with Crippen LogP contribution in [0.3, 0.4) is 0 Å².